The molecule has 1 aromatic carbocycles. The molecular formula is C19H28IN3O3. The minimum atomic E-state index is 0. The van der Waals surface area contributed by atoms with Gasteiger partial charge in [0.2, 0.25) is 0 Å². The third-order valence-electron chi connectivity index (χ3n) is 3.50. The summed E-state index contributed by atoms with van der Waals surface area (Å²) in [5, 5.41) is 16.0. The van der Waals surface area contributed by atoms with Gasteiger partial charge in [-0.3, -0.25) is 4.99 Å². The smallest absolute Gasteiger partial charge is 0.191 e. The van der Waals surface area contributed by atoms with Crippen molar-refractivity contribution in [1.82, 2.24) is 10.6 Å². The monoisotopic (exact) mass is 473 g/mol. The molecule has 0 bridgehead atoms. The van der Waals surface area contributed by atoms with Gasteiger partial charge in [-0.15, -0.1) is 24.0 Å². The number of benzene rings is 1. The Morgan fingerprint density at radius 2 is 2.12 bits per heavy atom. The molecule has 0 aliphatic rings. The van der Waals surface area contributed by atoms with Crippen LogP contribution in [0.15, 0.2) is 52.1 Å². The molecule has 0 saturated heterocycles. The Morgan fingerprint density at radius 1 is 1.23 bits per heavy atom. The molecule has 0 atom stereocenters. The molecule has 144 valence electrons. The van der Waals surface area contributed by atoms with E-state index < -0.39 is 0 Å². The number of guanidine groups is 1. The lowest BCUT2D eigenvalue weighted by Crippen LogP contribution is -2.38. The van der Waals surface area contributed by atoms with E-state index in [0.29, 0.717) is 25.5 Å². The van der Waals surface area contributed by atoms with E-state index in [4.69, 9.17) is 9.15 Å². The average molecular weight is 473 g/mol. The molecule has 7 heteroatoms. The number of nitrogens with one attached hydrogen (secondary N) is 2. The van der Waals surface area contributed by atoms with Crippen LogP contribution >= 0.6 is 24.0 Å². The minimum absolute atomic E-state index is 0. The van der Waals surface area contributed by atoms with Crippen molar-refractivity contribution >= 4 is 29.9 Å². The molecule has 0 amide bonds. The van der Waals surface area contributed by atoms with Crippen molar-refractivity contribution < 1.29 is 14.3 Å². The summed E-state index contributed by atoms with van der Waals surface area (Å²) in [6.07, 6.45) is 3.32. The van der Waals surface area contributed by atoms with Crippen LogP contribution in [0.1, 0.15) is 24.7 Å². The van der Waals surface area contributed by atoms with Crippen LogP contribution in [-0.4, -0.2) is 37.3 Å². The molecule has 0 fully saturated rings. The number of halogens is 1. The van der Waals surface area contributed by atoms with Gasteiger partial charge in [-0.2, -0.15) is 0 Å². The van der Waals surface area contributed by atoms with Crippen LogP contribution in [0.3, 0.4) is 0 Å². The fraction of sp³-hybridized carbons (Fsp3) is 0.421. The van der Waals surface area contributed by atoms with Crippen LogP contribution in [0.2, 0.25) is 0 Å². The highest BCUT2D eigenvalue weighted by Crippen LogP contribution is 2.10. The van der Waals surface area contributed by atoms with Gasteiger partial charge in [0.25, 0.3) is 0 Å². The third-order valence-corrected chi connectivity index (χ3v) is 3.50. The maximum Gasteiger partial charge on any atom is 0.191 e. The molecule has 0 aliphatic carbocycles. The van der Waals surface area contributed by atoms with Gasteiger partial charge in [-0.05, 0) is 49.6 Å². The standard InChI is InChI=1S/C19H27N3O3.HI/c1-2-20-19(22-11-9-16-6-3-7-17(23)14-16)21-10-5-12-24-15-18-8-4-13-25-18;/h3-4,6-8,13-14,23H,2,5,9-12,15H2,1H3,(H2,20,21,22);1H. The number of phenols is 1. The summed E-state index contributed by atoms with van der Waals surface area (Å²) in [6.45, 7) is 5.45. The Balaban J connectivity index is 0.00000338. The number of aliphatic imine (C=N–C) groups is 1. The second-order valence-corrected chi connectivity index (χ2v) is 5.59. The summed E-state index contributed by atoms with van der Waals surface area (Å²) in [6, 6.07) is 11.1. The van der Waals surface area contributed by atoms with Gasteiger partial charge in [0.05, 0.1) is 6.26 Å². The molecule has 3 N–H and O–H groups in total. The molecule has 6 nitrogen and oxygen atoms in total. The second-order valence-electron chi connectivity index (χ2n) is 5.59. The largest absolute Gasteiger partial charge is 0.508 e. The molecule has 0 spiro atoms. The molecule has 0 radical (unpaired) electrons. The van der Waals surface area contributed by atoms with Crippen molar-refractivity contribution in [3.05, 3.63) is 54.0 Å². The fourth-order valence-electron chi connectivity index (χ4n) is 2.30. The Labute approximate surface area is 172 Å². The Bertz CT molecular complexity index is 633. The summed E-state index contributed by atoms with van der Waals surface area (Å²) in [5.74, 6) is 1.94. The lowest BCUT2D eigenvalue weighted by atomic mass is 10.1. The predicted octanol–water partition coefficient (Wildman–Crippen LogP) is 3.31. The normalized spacial score (nSPS) is 11.0. The zero-order chi connectivity index (χ0) is 17.7. The third kappa shape index (κ3) is 9.10. The van der Waals surface area contributed by atoms with Crippen molar-refractivity contribution in [2.45, 2.75) is 26.4 Å². The Hall–Kier alpha value is -1.74. The van der Waals surface area contributed by atoms with Crippen molar-refractivity contribution in [2.24, 2.45) is 4.99 Å². The number of phenolic OH excluding ortho intramolecular Hbond substituents is 1. The Morgan fingerprint density at radius 3 is 2.85 bits per heavy atom. The topological polar surface area (TPSA) is 79.0 Å². The number of ether oxygens (including phenoxy) is 1. The molecule has 2 rings (SSSR count). The van der Waals surface area contributed by atoms with Crippen molar-refractivity contribution in [3.8, 4) is 5.75 Å². The first-order valence-corrected chi connectivity index (χ1v) is 8.68. The van der Waals surface area contributed by atoms with Gasteiger partial charge in [0, 0.05) is 26.2 Å². The van der Waals surface area contributed by atoms with Gasteiger partial charge in [0.15, 0.2) is 5.96 Å². The molecular weight excluding hydrogens is 445 g/mol. The van der Waals surface area contributed by atoms with Crippen molar-refractivity contribution in [2.75, 3.05) is 26.2 Å². The van der Waals surface area contributed by atoms with E-state index in [-0.39, 0.29) is 24.0 Å². The molecule has 1 heterocycles. The predicted molar refractivity (Wildman–Crippen MR) is 114 cm³/mol. The van der Waals surface area contributed by atoms with E-state index in [0.717, 1.165) is 43.2 Å². The quantitative estimate of drug-likeness (QED) is 0.214. The summed E-state index contributed by atoms with van der Waals surface area (Å²) < 4.78 is 10.8. The zero-order valence-electron chi connectivity index (χ0n) is 15.1. The number of hydrogen-bond acceptors (Lipinski definition) is 4. The van der Waals surface area contributed by atoms with Crippen molar-refractivity contribution in [3.63, 3.8) is 0 Å². The maximum absolute atomic E-state index is 9.48. The highest BCUT2D eigenvalue weighted by molar-refractivity contribution is 14.0. The fourth-order valence-corrected chi connectivity index (χ4v) is 2.30. The van der Waals surface area contributed by atoms with Crippen LogP contribution in [0.4, 0.5) is 0 Å². The van der Waals surface area contributed by atoms with Gasteiger partial charge in [-0.1, -0.05) is 12.1 Å². The number of hydrogen-bond donors (Lipinski definition) is 3. The lowest BCUT2D eigenvalue weighted by Gasteiger charge is -2.11. The highest BCUT2D eigenvalue weighted by atomic mass is 127. The van der Waals surface area contributed by atoms with Crippen LogP contribution in [0.5, 0.6) is 5.75 Å². The lowest BCUT2D eigenvalue weighted by molar-refractivity contribution is 0.105. The Kier molecular flexibility index (Phi) is 11.5. The second kappa shape index (κ2) is 13.5. The van der Waals surface area contributed by atoms with Gasteiger partial charge >= 0.3 is 0 Å². The van der Waals surface area contributed by atoms with Gasteiger partial charge in [-0.25, -0.2) is 0 Å². The first kappa shape index (κ1) is 22.3. The minimum Gasteiger partial charge on any atom is -0.508 e. The van der Waals surface area contributed by atoms with E-state index in [2.05, 4.69) is 15.6 Å². The molecule has 0 aliphatic heterocycles. The molecule has 2 aromatic rings. The number of aromatic hydroxyl groups is 1. The highest BCUT2D eigenvalue weighted by Gasteiger charge is 1.99. The van der Waals surface area contributed by atoms with Crippen molar-refractivity contribution in [1.29, 1.82) is 0 Å². The van der Waals surface area contributed by atoms with Gasteiger partial charge < -0.3 is 24.9 Å². The number of nitrogens with zero attached hydrogens (tertiary/aromatic N) is 1. The average Bonchev–Trinajstić information content (AvgIpc) is 3.11. The molecule has 0 unspecified atom stereocenters. The zero-order valence-corrected chi connectivity index (χ0v) is 17.4. The van der Waals surface area contributed by atoms with E-state index in [1.807, 2.05) is 31.2 Å². The van der Waals surface area contributed by atoms with E-state index in [1.54, 1.807) is 18.4 Å². The summed E-state index contributed by atoms with van der Waals surface area (Å²) >= 11 is 0. The first-order valence-electron chi connectivity index (χ1n) is 8.68. The van der Waals surface area contributed by atoms with E-state index >= 15 is 0 Å². The molecule has 0 saturated carbocycles. The van der Waals surface area contributed by atoms with Crippen LogP contribution in [-0.2, 0) is 17.8 Å². The number of furan rings is 1. The maximum atomic E-state index is 9.48. The van der Waals surface area contributed by atoms with Gasteiger partial charge in [0.1, 0.15) is 18.1 Å². The van der Waals surface area contributed by atoms with Crippen LogP contribution in [0, 0.1) is 0 Å². The first-order chi connectivity index (χ1) is 12.3. The molecule has 26 heavy (non-hydrogen) atoms. The summed E-state index contributed by atoms with van der Waals surface area (Å²) in [7, 11) is 0. The summed E-state index contributed by atoms with van der Waals surface area (Å²) in [4.78, 5) is 4.54. The number of rotatable bonds is 10. The van der Waals surface area contributed by atoms with E-state index in [9.17, 15) is 5.11 Å². The molecule has 1 aromatic heterocycles. The van der Waals surface area contributed by atoms with Crippen LogP contribution in [0.25, 0.3) is 0 Å². The van der Waals surface area contributed by atoms with E-state index in [1.165, 1.54) is 0 Å². The summed E-state index contributed by atoms with van der Waals surface area (Å²) in [5.41, 5.74) is 1.09. The van der Waals surface area contributed by atoms with Crippen LogP contribution < -0.4 is 10.6 Å². The SMILES string of the molecule is CCNC(=NCCCOCc1ccco1)NCCc1cccc(O)c1.I.